The lowest BCUT2D eigenvalue weighted by Gasteiger charge is -2.42. The summed E-state index contributed by atoms with van der Waals surface area (Å²) in [6, 6.07) is 14.4. The molecule has 2 heterocycles. The van der Waals surface area contributed by atoms with E-state index >= 15 is 0 Å². The van der Waals surface area contributed by atoms with Crippen LogP contribution < -0.4 is 9.80 Å². The molecule has 1 amide bonds. The van der Waals surface area contributed by atoms with Crippen molar-refractivity contribution in [2.75, 3.05) is 48.8 Å². The molecule has 9 heteroatoms. The topological polar surface area (TPSA) is 72.1 Å². The van der Waals surface area contributed by atoms with Crippen molar-refractivity contribution in [2.45, 2.75) is 57.9 Å². The third kappa shape index (κ3) is 6.18. The van der Waals surface area contributed by atoms with Gasteiger partial charge in [-0.3, -0.25) is 4.79 Å². The minimum absolute atomic E-state index is 0.0122. The summed E-state index contributed by atoms with van der Waals surface area (Å²) in [5, 5.41) is 0. The van der Waals surface area contributed by atoms with Gasteiger partial charge in [-0.15, -0.1) is 0 Å². The number of amides is 1. The maximum atomic E-state index is 14.7. The quantitative estimate of drug-likeness (QED) is 0.299. The van der Waals surface area contributed by atoms with Gasteiger partial charge in [-0.25, -0.2) is 18.2 Å². The van der Waals surface area contributed by atoms with E-state index in [0.29, 0.717) is 36.9 Å². The summed E-state index contributed by atoms with van der Waals surface area (Å²) in [4.78, 5) is 24.0. The maximum absolute atomic E-state index is 14.7. The Morgan fingerprint density at radius 2 is 1.68 bits per heavy atom. The first-order valence-corrected chi connectivity index (χ1v) is 17.3. The Bertz CT molecular complexity index is 1720. The molecule has 0 aromatic heterocycles. The zero-order chi connectivity index (χ0) is 31.8. The van der Waals surface area contributed by atoms with Crippen LogP contribution in [-0.4, -0.2) is 60.0 Å². The van der Waals surface area contributed by atoms with Crippen LogP contribution in [0.25, 0.3) is 4.85 Å². The second-order valence-corrected chi connectivity index (χ2v) is 14.5. The molecule has 2 aliphatic rings. The van der Waals surface area contributed by atoms with Crippen molar-refractivity contribution in [1.29, 1.82) is 4.78 Å². The van der Waals surface area contributed by atoms with Gasteiger partial charge in [0.25, 0.3) is 5.91 Å². The van der Waals surface area contributed by atoms with Gasteiger partial charge in [0.15, 0.2) is 0 Å². The lowest BCUT2D eigenvalue weighted by Crippen LogP contribution is -2.54. The molecule has 2 aliphatic heterocycles. The van der Waals surface area contributed by atoms with Gasteiger partial charge in [-0.1, -0.05) is 30.3 Å². The first-order chi connectivity index (χ1) is 20.9. The highest BCUT2D eigenvalue weighted by molar-refractivity contribution is 7.91. The van der Waals surface area contributed by atoms with E-state index in [2.05, 4.69) is 29.7 Å². The zero-order valence-corrected chi connectivity index (χ0v) is 27.1. The Morgan fingerprint density at radius 3 is 2.34 bits per heavy atom. The van der Waals surface area contributed by atoms with Gasteiger partial charge in [0.2, 0.25) is 5.69 Å². The fourth-order valence-corrected chi connectivity index (χ4v) is 8.15. The van der Waals surface area contributed by atoms with Gasteiger partial charge < -0.3 is 14.7 Å². The number of anilines is 2. The number of piperazine rings is 1. The fraction of sp³-hybridized carbons (Fsp3) is 0.429. The highest BCUT2D eigenvalue weighted by atomic mass is 32.2. The van der Waals surface area contributed by atoms with Crippen LogP contribution in [0.4, 0.5) is 21.5 Å². The molecule has 1 N–H and O–H groups in total. The van der Waals surface area contributed by atoms with Crippen molar-refractivity contribution >= 4 is 32.7 Å². The number of aryl methyl sites for hydroxylation is 2. The van der Waals surface area contributed by atoms with Crippen molar-refractivity contribution in [1.82, 2.24) is 4.90 Å². The molecule has 0 spiro atoms. The molecule has 2 atom stereocenters. The van der Waals surface area contributed by atoms with Crippen LogP contribution in [0.2, 0.25) is 0 Å². The molecule has 7 nitrogen and oxygen atoms in total. The minimum atomic E-state index is -3.27. The maximum Gasteiger partial charge on any atom is 0.254 e. The summed E-state index contributed by atoms with van der Waals surface area (Å²) < 4.78 is 35.4. The van der Waals surface area contributed by atoms with E-state index in [1.807, 2.05) is 47.9 Å². The predicted molar refractivity (Wildman–Crippen MR) is 176 cm³/mol. The van der Waals surface area contributed by atoms with E-state index in [1.54, 1.807) is 12.1 Å². The van der Waals surface area contributed by atoms with E-state index in [0.717, 1.165) is 54.7 Å². The molecule has 2 saturated heterocycles. The van der Waals surface area contributed by atoms with Gasteiger partial charge in [0.1, 0.15) is 10.7 Å². The molecule has 0 bridgehead atoms. The van der Waals surface area contributed by atoms with Crippen molar-refractivity contribution in [3.63, 3.8) is 0 Å². The van der Waals surface area contributed by atoms with Crippen molar-refractivity contribution in [3.05, 3.63) is 93.6 Å². The second kappa shape index (κ2) is 12.6. The molecule has 0 aliphatic carbocycles. The van der Waals surface area contributed by atoms with Crippen LogP contribution in [0.5, 0.6) is 0 Å². The van der Waals surface area contributed by atoms with Crippen LogP contribution in [0, 0.1) is 43.9 Å². The number of carbonyl (C=O) groups is 1. The summed E-state index contributed by atoms with van der Waals surface area (Å²) in [6.07, 6.45) is 4.24. The summed E-state index contributed by atoms with van der Waals surface area (Å²) in [6.45, 7) is 18.9. The van der Waals surface area contributed by atoms with Gasteiger partial charge >= 0.3 is 0 Å². The molecule has 44 heavy (non-hydrogen) atoms. The molecule has 3 aromatic rings. The summed E-state index contributed by atoms with van der Waals surface area (Å²) in [5.74, 6) is -0.116. The largest absolute Gasteiger partial charge is 0.380 e. The first kappa shape index (κ1) is 31.5. The number of carbonyl (C=O) groups excluding carboxylic acids is 1. The lowest BCUT2D eigenvalue weighted by molar-refractivity contribution is 0.0672. The summed E-state index contributed by atoms with van der Waals surface area (Å²) in [7, 11) is -3.27. The van der Waals surface area contributed by atoms with E-state index in [9.17, 15) is 13.4 Å². The number of hydrogen-bond donors (Lipinski definition) is 1. The number of hydrogen-bond acceptors (Lipinski definition) is 5. The average molecular weight is 616 g/mol. The zero-order valence-electron chi connectivity index (χ0n) is 26.3. The standard InChI is InChI=1S/C35H42FN5O2S/c1-23-20-24(2)33(26(4)28(23)21-27-14-16-39(17-15-27)31-12-8-7-11-30(31)38-5)35(42)41-19-18-40(22-25(41)3)32-13-9-10-29(36)34(32)44(6,37)43/h7-13,20,25,27,37H,14-19,21-22H2,1-4,6H3/t25-,44+/m0/s1. The predicted octanol–water partition coefficient (Wildman–Crippen LogP) is 7.15. The number of nitrogens with one attached hydrogen (secondary N) is 1. The molecule has 0 saturated carbocycles. The molecular formula is C35H42FN5O2S. The normalized spacial score (nSPS) is 19.0. The number of piperidine rings is 1. The van der Waals surface area contributed by atoms with Crippen LogP contribution >= 0.6 is 0 Å². The molecule has 0 unspecified atom stereocenters. The molecule has 232 valence electrons. The average Bonchev–Trinajstić information content (AvgIpc) is 2.98. The van der Waals surface area contributed by atoms with Gasteiger partial charge in [-0.2, -0.15) is 0 Å². The SMILES string of the molecule is [C-]#[N+]c1ccccc1N1CCC(Cc2c(C)cc(C)c(C(=O)N3CCN(c4cccc(F)c4[S@](C)(=N)=O)C[C@@H]3C)c2C)CC1. The van der Waals surface area contributed by atoms with E-state index in [4.69, 9.17) is 11.4 Å². The van der Waals surface area contributed by atoms with E-state index in [1.165, 1.54) is 23.4 Å². The molecule has 5 rings (SSSR count). The Morgan fingerprint density at radius 1 is 1.00 bits per heavy atom. The lowest BCUT2D eigenvalue weighted by atomic mass is 9.83. The Kier molecular flexibility index (Phi) is 9.03. The number of nitrogens with zero attached hydrogens (tertiary/aromatic N) is 4. The van der Waals surface area contributed by atoms with E-state index in [-0.39, 0.29) is 16.8 Å². The highest BCUT2D eigenvalue weighted by Crippen LogP contribution is 2.35. The number of benzene rings is 3. The molecular weight excluding hydrogens is 573 g/mol. The van der Waals surface area contributed by atoms with Gasteiger partial charge in [0.05, 0.1) is 22.0 Å². The minimum Gasteiger partial charge on any atom is -0.380 e. The third-order valence-electron chi connectivity index (χ3n) is 9.36. The smallest absolute Gasteiger partial charge is 0.254 e. The van der Waals surface area contributed by atoms with Crippen molar-refractivity contribution < 1.29 is 13.4 Å². The molecule has 2 fully saturated rings. The number of halogens is 1. The van der Waals surface area contributed by atoms with Crippen LogP contribution in [0.3, 0.4) is 0 Å². The summed E-state index contributed by atoms with van der Waals surface area (Å²) in [5.41, 5.74) is 7.45. The number of rotatable bonds is 6. The molecule has 0 radical (unpaired) electrons. The Hall–Kier alpha value is -3.90. The first-order valence-electron chi connectivity index (χ1n) is 15.3. The Labute approximate surface area is 261 Å². The third-order valence-corrected chi connectivity index (χ3v) is 10.5. The van der Waals surface area contributed by atoms with Crippen molar-refractivity contribution in [3.8, 4) is 0 Å². The van der Waals surface area contributed by atoms with Gasteiger partial charge in [0, 0.05) is 56.3 Å². The summed E-state index contributed by atoms with van der Waals surface area (Å²) >= 11 is 0. The second-order valence-electron chi connectivity index (χ2n) is 12.4. The van der Waals surface area contributed by atoms with Crippen LogP contribution in [-0.2, 0) is 16.1 Å². The van der Waals surface area contributed by atoms with Crippen LogP contribution in [0.1, 0.15) is 52.4 Å². The van der Waals surface area contributed by atoms with Crippen LogP contribution in [0.15, 0.2) is 53.4 Å². The van der Waals surface area contributed by atoms with E-state index < -0.39 is 15.5 Å². The number of para-hydroxylation sites is 2. The Balaban J connectivity index is 1.31. The molecule has 3 aromatic carbocycles. The highest BCUT2D eigenvalue weighted by Gasteiger charge is 2.33. The van der Waals surface area contributed by atoms with Crippen molar-refractivity contribution in [2.24, 2.45) is 5.92 Å². The van der Waals surface area contributed by atoms with Gasteiger partial charge in [-0.05, 0) is 93.3 Å². The monoisotopic (exact) mass is 615 g/mol. The fourth-order valence-electron chi connectivity index (χ4n) is 7.12.